The van der Waals surface area contributed by atoms with Crippen LogP contribution < -0.4 is 5.32 Å². The molecule has 1 rings (SSSR count). The second-order valence-electron chi connectivity index (χ2n) is 4.32. The number of hydrogen-bond acceptors (Lipinski definition) is 3. The topological polar surface area (TPSA) is 42.7 Å². The van der Waals surface area contributed by atoms with Gasteiger partial charge in [0, 0.05) is 12.1 Å². The molecular weight excluding hydrogens is 188 g/mol. The maximum absolute atomic E-state index is 4.12. The van der Waals surface area contributed by atoms with Gasteiger partial charge in [0.1, 0.15) is 12.2 Å². The van der Waals surface area contributed by atoms with E-state index in [-0.39, 0.29) is 0 Å². The Hall–Kier alpha value is -0.900. The molecule has 15 heavy (non-hydrogen) atoms. The van der Waals surface area contributed by atoms with Gasteiger partial charge < -0.3 is 9.88 Å². The minimum Gasteiger partial charge on any atom is -0.314 e. The van der Waals surface area contributed by atoms with Crippen LogP contribution >= 0.6 is 0 Å². The van der Waals surface area contributed by atoms with Crippen LogP contribution in [0.3, 0.4) is 0 Å². The van der Waals surface area contributed by atoms with Gasteiger partial charge in [-0.15, -0.1) is 10.2 Å². The summed E-state index contributed by atoms with van der Waals surface area (Å²) in [6, 6.07) is 0.977. The number of aromatic nitrogens is 3. The third-order valence-electron chi connectivity index (χ3n) is 2.53. The molecule has 1 N–H and O–H groups in total. The van der Waals surface area contributed by atoms with E-state index in [1.807, 2.05) is 0 Å². The van der Waals surface area contributed by atoms with Gasteiger partial charge in [0.05, 0.1) is 6.54 Å². The molecule has 0 aliphatic carbocycles. The highest BCUT2D eigenvalue weighted by Crippen LogP contribution is 2.06. The number of nitrogens with zero attached hydrogens (tertiary/aromatic N) is 3. The summed E-state index contributed by atoms with van der Waals surface area (Å²) in [7, 11) is 0. The van der Waals surface area contributed by atoms with Crippen LogP contribution in [-0.4, -0.2) is 20.8 Å². The zero-order chi connectivity index (χ0) is 11.3. The lowest BCUT2D eigenvalue weighted by Gasteiger charge is -2.14. The van der Waals surface area contributed by atoms with Crippen LogP contribution in [0.2, 0.25) is 0 Å². The molecule has 0 amide bonds. The molecule has 0 aliphatic heterocycles. The van der Waals surface area contributed by atoms with Gasteiger partial charge in [-0.3, -0.25) is 0 Å². The van der Waals surface area contributed by atoms with Crippen molar-refractivity contribution >= 4 is 0 Å². The molecule has 0 saturated heterocycles. The first-order valence-corrected chi connectivity index (χ1v) is 5.76. The molecular formula is C11H22N4. The Labute approximate surface area is 92.1 Å². The second-order valence-corrected chi connectivity index (χ2v) is 4.32. The normalized spacial score (nSPS) is 13.4. The number of nitrogens with one attached hydrogen (secondary N) is 1. The highest BCUT2D eigenvalue weighted by Gasteiger charge is 2.08. The van der Waals surface area contributed by atoms with Crippen LogP contribution in [0.1, 0.15) is 52.4 Å². The Balaban J connectivity index is 2.46. The van der Waals surface area contributed by atoms with E-state index >= 15 is 0 Å². The molecule has 0 aromatic carbocycles. The lowest BCUT2D eigenvalue weighted by atomic mass is 10.2. The first-order chi connectivity index (χ1) is 7.15. The van der Waals surface area contributed by atoms with Crippen molar-refractivity contribution in [3.8, 4) is 0 Å². The van der Waals surface area contributed by atoms with Crippen LogP contribution in [0.15, 0.2) is 6.33 Å². The van der Waals surface area contributed by atoms with E-state index in [0.717, 1.165) is 12.4 Å². The first kappa shape index (κ1) is 12.2. The van der Waals surface area contributed by atoms with Gasteiger partial charge in [-0.25, -0.2) is 0 Å². The molecule has 4 nitrogen and oxygen atoms in total. The highest BCUT2D eigenvalue weighted by molar-refractivity contribution is 4.87. The van der Waals surface area contributed by atoms with Gasteiger partial charge in [-0.2, -0.15) is 0 Å². The van der Waals surface area contributed by atoms with E-state index in [1.54, 1.807) is 6.33 Å². The van der Waals surface area contributed by atoms with E-state index in [0.29, 0.717) is 12.1 Å². The van der Waals surface area contributed by atoms with Gasteiger partial charge in [0.2, 0.25) is 0 Å². The monoisotopic (exact) mass is 210 g/mol. The fourth-order valence-corrected chi connectivity index (χ4v) is 1.62. The Bertz CT molecular complexity index is 280. The molecule has 0 fully saturated rings. The van der Waals surface area contributed by atoms with Crippen LogP contribution in [0.25, 0.3) is 0 Å². The maximum Gasteiger partial charge on any atom is 0.147 e. The van der Waals surface area contributed by atoms with Crippen molar-refractivity contribution in [3.63, 3.8) is 0 Å². The number of rotatable bonds is 6. The van der Waals surface area contributed by atoms with Crippen molar-refractivity contribution in [3.05, 3.63) is 12.2 Å². The summed E-state index contributed by atoms with van der Waals surface area (Å²) in [4.78, 5) is 0. The van der Waals surface area contributed by atoms with Crippen molar-refractivity contribution in [2.75, 3.05) is 0 Å². The van der Waals surface area contributed by atoms with Gasteiger partial charge in [-0.05, 0) is 27.2 Å². The third-order valence-corrected chi connectivity index (χ3v) is 2.53. The van der Waals surface area contributed by atoms with Gasteiger partial charge in [-0.1, -0.05) is 13.3 Å². The largest absolute Gasteiger partial charge is 0.314 e. The van der Waals surface area contributed by atoms with Gasteiger partial charge >= 0.3 is 0 Å². The van der Waals surface area contributed by atoms with Crippen molar-refractivity contribution in [1.82, 2.24) is 20.1 Å². The third kappa shape index (κ3) is 3.63. The van der Waals surface area contributed by atoms with E-state index < -0.39 is 0 Å². The molecule has 0 spiro atoms. The summed E-state index contributed by atoms with van der Waals surface area (Å²) < 4.78 is 2.10. The lowest BCUT2D eigenvalue weighted by molar-refractivity contribution is 0.476. The lowest BCUT2D eigenvalue weighted by Crippen LogP contribution is -2.27. The molecule has 1 atom stereocenters. The molecule has 0 saturated carbocycles. The minimum atomic E-state index is 0.429. The van der Waals surface area contributed by atoms with E-state index in [4.69, 9.17) is 0 Å². The molecule has 86 valence electrons. The fraction of sp³-hybridized carbons (Fsp3) is 0.818. The molecule has 1 unspecified atom stereocenters. The summed E-state index contributed by atoms with van der Waals surface area (Å²) in [6.45, 7) is 9.50. The van der Waals surface area contributed by atoms with Gasteiger partial charge in [0.25, 0.3) is 0 Å². The van der Waals surface area contributed by atoms with Crippen LogP contribution in [0.4, 0.5) is 0 Å². The Morgan fingerprint density at radius 3 is 2.73 bits per heavy atom. The molecule has 1 aromatic rings. The molecule has 1 aromatic heterocycles. The summed E-state index contributed by atoms with van der Waals surface area (Å²) in [5.41, 5.74) is 0. The predicted molar refractivity (Wildman–Crippen MR) is 61.6 cm³/mol. The van der Waals surface area contributed by atoms with Crippen LogP contribution in [0.5, 0.6) is 0 Å². The fourth-order valence-electron chi connectivity index (χ4n) is 1.62. The highest BCUT2D eigenvalue weighted by atomic mass is 15.3. The average Bonchev–Trinajstić information content (AvgIpc) is 2.63. The Kier molecular flexibility index (Phi) is 4.75. The van der Waals surface area contributed by atoms with E-state index in [1.165, 1.54) is 12.8 Å². The quantitative estimate of drug-likeness (QED) is 0.782. The van der Waals surface area contributed by atoms with Crippen LogP contribution in [-0.2, 0) is 6.54 Å². The molecule has 0 aliphatic rings. The SMILES string of the molecule is CCCC(C)NCc1nncn1C(C)C. The summed E-state index contributed by atoms with van der Waals surface area (Å²) in [6.07, 6.45) is 4.22. The average molecular weight is 210 g/mol. The van der Waals surface area contributed by atoms with E-state index in [9.17, 15) is 0 Å². The second kappa shape index (κ2) is 5.85. The summed E-state index contributed by atoms with van der Waals surface area (Å²) in [5.74, 6) is 1.02. The molecule has 0 bridgehead atoms. The van der Waals surface area contributed by atoms with Crippen LogP contribution in [0, 0.1) is 0 Å². The van der Waals surface area contributed by atoms with Gasteiger partial charge in [0.15, 0.2) is 0 Å². The summed E-state index contributed by atoms with van der Waals surface area (Å²) >= 11 is 0. The minimum absolute atomic E-state index is 0.429. The predicted octanol–water partition coefficient (Wildman–Crippen LogP) is 2.14. The maximum atomic E-state index is 4.12. The molecule has 1 heterocycles. The zero-order valence-corrected chi connectivity index (χ0v) is 10.2. The van der Waals surface area contributed by atoms with Crippen molar-refractivity contribution < 1.29 is 0 Å². The molecule has 0 radical (unpaired) electrons. The summed E-state index contributed by atoms with van der Waals surface area (Å²) in [5, 5.41) is 11.5. The smallest absolute Gasteiger partial charge is 0.147 e. The van der Waals surface area contributed by atoms with Crippen molar-refractivity contribution in [2.24, 2.45) is 0 Å². The zero-order valence-electron chi connectivity index (χ0n) is 10.2. The van der Waals surface area contributed by atoms with Crippen molar-refractivity contribution in [2.45, 2.75) is 59.2 Å². The number of hydrogen-bond donors (Lipinski definition) is 1. The Morgan fingerprint density at radius 1 is 1.40 bits per heavy atom. The first-order valence-electron chi connectivity index (χ1n) is 5.76. The standard InChI is InChI=1S/C11H22N4/c1-5-6-10(4)12-7-11-14-13-8-15(11)9(2)3/h8-10,12H,5-7H2,1-4H3. The van der Waals surface area contributed by atoms with E-state index in [2.05, 4.69) is 47.8 Å². The van der Waals surface area contributed by atoms with Crippen molar-refractivity contribution in [1.29, 1.82) is 0 Å². The molecule has 4 heteroatoms. The Morgan fingerprint density at radius 2 is 2.13 bits per heavy atom.